The number of furan rings is 1. The molecule has 0 spiro atoms. The topological polar surface area (TPSA) is 62.9 Å². The third-order valence-corrected chi connectivity index (χ3v) is 7.45. The van der Waals surface area contributed by atoms with E-state index in [1.807, 2.05) is 31.2 Å². The quantitative estimate of drug-likeness (QED) is 0.295. The third-order valence-electron chi connectivity index (χ3n) is 6.48. The van der Waals surface area contributed by atoms with Gasteiger partial charge < -0.3 is 18.6 Å². The van der Waals surface area contributed by atoms with Gasteiger partial charge in [-0.15, -0.1) is 0 Å². The fourth-order valence-corrected chi connectivity index (χ4v) is 5.71. The number of hydrogen-bond donors (Lipinski definition) is 1. The number of rotatable bonds is 9. The number of nitrogens with zero attached hydrogens (tertiary/aromatic N) is 1. The predicted octanol–water partition coefficient (Wildman–Crippen LogP) is 8.08. The van der Waals surface area contributed by atoms with Crippen LogP contribution in [0.4, 0.5) is 5.69 Å². The van der Waals surface area contributed by atoms with Crippen LogP contribution in [0.15, 0.2) is 58.0 Å². The first kappa shape index (κ1) is 26.2. The largest absolute Gasteiger partial charge is 0.487 e. The van der Waals surface area contributed by atoms with Gasteiger partial charge in [0.1, 0.15) is 18.1 Å². The summed E-state index contributed by atoms with van der Waals surface area (Å²) >= 11 is 1.62. The lowest BCUT2D eigenvalue weighted by atomic mass is 9.98. The standard InChI is InChI=1S/C30H37NO4S/c1-21(2)19-31(36-29-16-11-22(3)35-29)27-17-25-9-7-5-4-6-8-10-26(25)18-28(27)34-20-23-12-14-24(15-13-23)30(32)33/h11-18,21H,4-10,19-20H2,1-3H3,(H,32,33). The molecular weight excluding hydrogens is 470 g/mol. The maximum atomic E-state index is 11.2. The van der Waals surface area contributed by atoms with Crippen molar-refractivity contribution in [1.29, 1.82) is 0 Å². The van der Waals surface area contributed by atoms with Gasteiger partial charge in [0.25, 0.3) is 0 Å². The summed E-state index contributed by atoms with van der Waals surface area (Å²) in [6.07, 6.45) is 8.48. The number of carboxylic acid groups (broad SMARTS) is 1. The van der Waals surface area contributed by atoms with Crippen LogP contribution in [0.25, 0.3) is 0 Å². The fourth-order valence-electron chi connectivity index (χ4n) is 4.58. The molecule has 0 amide bonds. The molecular formula is C30H37NO4S. The number of carboxylic acids is 1. The zero-order valence-electron chi connectivity index (χ0n) is 21.6. The van der Waals surface area contributed by atoms with Gasteiger partial charge in [-0.25, -0.2) is 4.79 Å². The Morgan fingerprint density at radius 2 is 1.67 bits per heavy atom. The molecule has 192 valence electrons. The fraction of sp³-hybridized carbons (Fsp3) is 0.433. The van der Waals surface area contributed by atoms with E-state index in [4.69, 9.17) is 9.15 Å². The van der Waals surface area contributed by atoms with Crippen LogP contribution in [-0.2, 0) is 19.4 Å². The van der Waals surface area contributed by atoms with Gasteiger partial charge in [-0.2, -0.15) is 0 Å². The molecule has 2 aromatic carbocycles. The number of hydrogen-bond acceptors (Lipinski definition) is 5. The van der Waals surface area contributed by atoms with Crippen molar-refractivity contribution in [2.75, 3.05) is 10.8 Å². The van der Waals surface area contributed by atoms with E-state index in [-0.39, 0.29) is 5.56 Å². The summed E-state index contributed by atoms with van der Waals surface area (Å²) in [5.41, 5.74) is 5.11. The molecule has 1 aliphatic rings. The van der Waals surface area contributed by atoms with E-state index >= 15 is 0 Å². The third kappa shape index (κ3) is 7.10. The Balaban J connectivity index is 1.68. The Hall–Kier alpha value is -2.86. The first-order chi connectivity index (χ1) is 17.4. The molecule has 6 heteroatoms. The molecule has 3 aromatic rings. The zero-order chi connectivity index (χ0) is 25.5. The van der Waals surface area contributed by atoms with Crippen LogP contribution in [0.1, 0.15) is 78.8 Å². The first-order valence-electron chi connectivity index (χ1n) is 13.0. The first-order valence-corrected chi connectivity index (χ1v) is 13.8. The molecule has 4 rings (SSSR count). The zero-order valence-corrected chi connectivity index (χ0v) is 22.4. The summed E-state index contributed by atoms with van der Waals surface area (Å²) < 4.78 is 14.7. The Morgan fingerprint density at radius 3 is 2.28 bits per heavy atom. The molecule has 0 aliphatic heterocycles. The highest BCUT2D eigenvalue weighted by molar-refractivity contribution is 8.00. The molecule has 0 saturated heterocycles. The lowest BCUT2D eigenvalue weighted by Crippen LogP contribution is -2.21. The normalized spacial score (nSPS) is 14.0. The summed E-state index contributed by atoms with van der Waals surface area (Å²) in [5.74, 6) is 1.30. The minimum atomic E-state index is -0.920. The number of anilines is 1. The molecule has 0 radical (unpaired) electrons. The Labute approximate surface area is 219 Å². The second kappa shape index (κ2) is 12.4. The van der Waals surface area contributed by atoms with Gasteiger partial charge in [-0.1, -0.05) is 45.2 Å². The van der Waals surface area contributed by atoms with E-state index in [2.05, 4.69) is 30.3 Å². The van der Waals surface area contributed by atoms with Gasteiger partial charge in [0.2, 0.25) is 0 Å². The molecule has 1 aliphatic carbocycles. The van der Waals surface area contributed by atoms with Crippen LogP contribution in [0.3, 0.4) is 0 Å². The number of benzene rings is 2. The van der Waals surface area contributed by atoms with Gasteiger partial charge in [0.05, 0.1) is 11.3 Å². The van der Waals surface area contributed by atoms with Crippen LogP contribution >= 0.6 is 11.9 Å². The van der Waals surface area contributed by atoms with E-state index in [1.54, 1.807) is 24.1 Å². The molecule has 0 bridgehead atoms. The van der Waals surface area contributed by atoms with E-state index in [1.165, 1.54) is 43.2 Å². The van der Waals surface area contributed by atoms with Crippen molar-refractivity contribution in [3.63, 3.8) is 0 Å². The number of aromatic carboxylic acids is 1. The van der Waals surface area contributed by atoms with Crippen LogP contribution < -0.4 is 9.04 Å². The van der Waals surface area contributed by atoms with Crippen molar-refractivity contribution in [3.05, 3.63) is 76.5 Å². The number of ether oxygens (including phenoxy) is 1. The average molecular weight is 508 g/mol. The van der Waals surface area contributed by atoms with Crippen LogP contribution in [-0.4, -0.2) is 17.6 Å². The van der Waals surface area contributed by atoms with Gasteiger partial charge in [0.15, 0.2) is 5.09 Å². The summed E-state index contributed by atoms with van der Waals surface area (Å²) in [6, 6.07) is 15.5. The second-order valence-corrected chi connectivity index (χ2v) is 11.1. The number of fused-ring (bicyclic) bond motifs is 1. The highest BCUT2D eigenvalue weighted by atomic mass is 32.2. The van der Waals surface area contributed by atoms with Crippen molar-refractivity contribution in [2.45, 2.75) is 77.4 Å². The number of carbonyl (C=O) groups is 1. The monoisotopic (exact) mass is 507 g/mol. The maximum Gasteiger partial charge on any atom is 0.335 e. The minimum Gasteiger partial charge on any atom is -0.487 e. The van der Waals surface area contributed by atoms with Crippen LogP contribution in [0.2, 0.25) is 0 Å². The van der Waals surface area contributed by atoms with Crippen molar-refractivity contribution >= 4 is 23.6 Å². The molecule has 0 fully saturated rings. The molecule has 1 aromatic heterocycles. The van der Waals surface area contributed by atoms with E-state index < -0.39 is 5.97 Å². The maximum absolute atomic E-state index is 11.2. The Kier molecular flexibility index (Phi) is 9.03. The summed E-state index contributed by atoms with van der Waals surface area (Å²) in [7, 11) is 0. The minimum absolute atomic E-state index is 0.282. The van der Waals surface area contributed by atoms with Gasteiger partial charge in [-0.3, -0.25) is 0 Å². The highest BCUT2D eigenvalue weighted by Crippen LogP contribution is 2.40. The lowest BCUT2D eigenvalue weighted by Gasteiger charge is -2.28. The summed E-state index contributed by atoms with van der Waals surface area (Å²) in [6.45, 7) is 7.65. The predicted molar refractivity (Wildman–Crippen MR) is 146 cm³/mol. The SMILES string of the molecule is Cc1ccc(SN(CC(C)C)c2cc3c(cc2OCc2ccc(C(=O)O)cc2)CCCCCCC3)o1. The average Bonchev–Trinajstić information content (AvgIpc) is 3.30. The summed E-state index contributed by atoms with van der Waals surface area (Å²) in [5, 5.41) is 10.1. The highest BCUT2D eigenvalue weighted by Gasteiger charge is 2.21. The number of aryl methyl sites for hydroxylation is 3. The Morgan fingerprint density at radius 1 is 1.00 bits per heavy atom. The smallest absolute Gasteiger partial charge is 0.335 e. The molecule has 36 heavy (non-hydrogen) atoms. The molecule has 0 atom stereocenters. The van der Waals surface area contributed by atoms with Gasteiger partial charge in [-0.05, 0) is 91.6 Å². The Bertz CT molecular complexity index is 1150. The molecule has 1 heterocycles. The van der Waals surface area contributed by atoms with Crippen LogP contribution in [0, 0.1) is 12.8 Å². The second-order valence-electron chi connectivity index (χ2n) is 10.1. The van der Waals surface area contributed by atoms with Crippen molar-refractivity contribution < 1.29 is 19.1 Å². The molecule has 5 nitrogen and oxygen atoms in total. The van der Waals surface area contributed by atoms with Crippen LogP contribution in [0.5, 0.6) is 5.75 Å². The van der Waals surface area contributed by atoms with Crippen molar-refractivity contribution in [2.24, 2.45) is 5.92 Å². The molecule has 1 N–H and O–H groups in total. The van der Waals surface area contributed by atoms with E-state index in [9.17, 15) is 9.90 Å². The molecule has 0 saturated carbocycles. The van der Waals surface area contributed by atoms with Crippen molar-refractivity contribution in [3.8, 4) is 5.75 Å². The van der Waals surface area contributed by atoms with E-state index in [0.29, 0.717) is 12.5 Å². The van der Waals surface area contributed by atoms with Crippen molar-refractivity contribution in [1.82, 2.24) is 0 Å². The summed E-state index contributed by atoms with van der Waals surface area (Å²) in [4.78, 5) is 11.2. The van der Waals surface area contributed by atoms with Gasteiger partial charge >= 0.3 is 5.97 Å². The van der Waals surface area contributed by atoms with Gasteiger partial charge in [0, 0.05) is 18.5 Å². The molecule has 0 unspecified atom stereocenters. The lowest BCUT2D eigenvalue weighted by molar-refractivity contribution is 0.0697. The van der Waals surface area contributed by atoms with E-state index in [0.717, 1.165) is 47.2 Å².